The summed E-state index contributed by atoms with van der Waals surface area (Å²) >= 11 is 0. The number of carboxylic acids is 1. The Balaban J connectivity index is 2.48. The molecular formula is C32H45NO5. The SMILES string of the molecule is CCC(CC)(c1ccc(C(=O)CC(C)(O)C(C)(C)C)c(C)c1)c1ccc(C(=O)N(C)C(C)C(=O)O)c(C)c1. The smallest absolute Gasteiger partial charge is 0.326 e. The summed E-state index contributed by atoms with van der Waals surface area (Å²) in [6.45, 7) is 17.1. The molecule has 0 aliphatic heterocycles. The lowest BCUT2D eigenvalue weighted by Gasteiger charge is -2.37. The summed E-state index contributed by atoms with van der Waals surface area (Å²) < 4.78 is 0. The lowest BCUT2D eigenvalue weighted by Crippen LogP contribution is -2.41. The fourth-order valence-electron chi connectivity index (χ4n) is 4.91. The maximum absolute atomic E-state index is 13.2. The molecule has 0 spiro atoms. The highest BCUT2D eigenvalue weighted by molar-refractivity contribution is 5.98. The van der Waals surface area contributed by atoms with Crippen LogP contribution in [0.5, 0.6) is 0 Å². The number of carbonyl (C=O) groups is 3. The van der Waals surface area contributed by atoms with Crippen LogP contribution in [0, 0.1) is 19.3 Å². The minimum atomic E-state index is -1.13. The number of aryl methyl sites for hydroxylation is 2. The van der Waals surface area contributed by atoms with Crippen LogP contribution in [0.15, 0.2) is 36.4 Å². The molecule has 0 fully saturated rings. The molecule has 2 N–H and O–H groups in total. The number of carboxylic acid groups (broad SMARTS) is 1. The van der Waals surface area contributed by atoms with Crippen molar-refractivity contribution in [2.24, 2.45) is 5.41 Å². The predicted molar refractivity (Wildman–Crippen MR) is 152 cm³/mol. The summed E-state index contributed by atoms with van der Waals surface area (Å²) in [5.74, 6) is -1.45. The number of aliphatic hydroxyl groups is 1. The molecule has 38 heavy (non-hydrogen) atoms. The molecule has 0 heterocycles. The average Bonchev–Trinajstić information content (AvgIpc) is 2.82. The van der Waals surface area contributed by atoms with E-state index < -0.39 is 23.0 Å². The van der Waals surface area contributed by atoms with Crippen LogP contribution in [0.4, 0.5) is 0 Å². The van der Waals surface area contributed by atoms with Gasteiger partial charge in [0, 0.05) is 30.0 Å². The molecule has 2 rings (SSSR count). The number of aliphatic carboxylic acids is 1. The van der Waals surface area contributed by atoms with Crippen LogP contribution in [0.1, 0.15) is 111 Å². The third-order valence-electron chi connectivity index (χ3n) is 8.68. The number of ketones is 1. The first kappa shape index (κ1) is 31.2. The van der Waals surface area contributed by atoms with Gasteiger partial charge in [-0.2, -0.15) is 0 Å². The van der Waals surface area contributed by atoms with Gasteiger partial charge in [0.2, 0.25) is 0 Å². The first-order valence-corrected chi connectivity index (χ1v) is 13.4. The highest BCUT2D eigenvalue weighted by Gasteiger charge is 2.38. The maximum atomic E-state index is 13.2. The Morgan fingerprint density at radius 3 is 1.68 bits per heavy atom. The molecule has 0 bridgehead atoms. The molecule has 6 heteroatoms. The number of carbonyl (C=O) groups excluding carboxylic acids is 2. The first-order chi connectivity index (χ1) is 17.4. The Kier molecular flexibility index (Phi) is 9.37. The van der Waals surface area contributed by atoms with Crippen molar-refractivity contribution in [3.05, 3.63) is 69.8 Å². The quantitative estimate of drug-likeness (QED) is 0.355. The normalized spacial score (nSPS) is 14.5. The van der Waals surface area contributed by atoms with Gasteiger partial charge in [-0.3, -0.25) is 9.59 Å². The van der Waals surface area contributed by atoms with Gasteiger partial charge in [0.15, 0.2) is 5.78 Å². The predicted octanol–water partition coefficient (Wildman–Crippen LogP) is 6.32. The molecule has 0 aliphatic rings. The number of hydrogen-bond acceptors (Lipinski definition) is 4. The van der Waals surface area contributed by atoms with E-state index in [9.17, 15) is 24.6 Å². The van der Waals surface area contributed by atoms with Gasteiger partial charge in [-0.15, -0.1) is 0 Å². The molecular weight excluding hydrogens is 478 g/mol. The van der Waals surface area contributed by atoms with Crippen LogP contribution in [0.3, 0.4) is 0 Å². The van der Waals surface area contributed by atoms with Crippen molar-refractivity contribution < 1.29 is 24.6 Å². The van der Waals surface area contributed by atoms with Crippen molar-refractivity contribution >= 4 is 17.7 Å². The fourth-order valence-corrected chi connectivity index (χ4v) is 4.91. The van der Waals surface area contributed by atoms with Gasteiger partial charge in [0.05, 0.1) is 5.60 Å². The van der Waals surface area contributed by atoms with E-state index in [1.165, 1.54) is 18.9 Å². The molecule has 2 atom stereocenters. The van der Waals surface area contributed by atoms with Gasteiger partial charge in [-0.1, -0.05) is 65.0 Å². The number of rotatable bonds is 10. The van der Waals surface area contributed by atoms with Crippen LogP contribution >= 0.6 is 0 Å². The molecule has 1 amide bonds. The summed E-state index contributed by atoms with van der Waals surface area (Å²) in [6.07, 6.45) is 1.68. The van der Waals surface area contributed by atoms with E-state index in [4.69, 9.17) is 0 Å². The molecule has 0 saturated carbocycles. The Bertz CT molecular complexity index is 1200. The summed E-state index contributed by atoms with van der Waals surface area (Å²) in [5.41, 5.74) is 3.04. The number of Topliss-reactive ketones (excluding diaryl/α,β-unsaturated/α-hetero) is 1. The van der Waals surface area contributed by atoms with Crippen LogP contribution in [-0.4, -0.2) is 51.5 Å². The van der Waals surface area contributed by atoms with E-state index in [1.54, 1.807) is 13.0 Å². The van der Waals surface area contributed by atoms with Gasteiger partial charge >= 0.3 is 5.97 Å². The number of hydrogen-bond donors (Lipinski definition) is 2. The maximum Gasteiger partial charge on any atom is 0.326 e. The first-order valence-electron chi connectivity index (χ1n) is 13.4. The number of amides is 1. The second kappa shape index (κ2) is 11.4. The number of nitrogens with zero attached hydrogens (tertiary/aromatic N) is 1. The number of likely N-dealkylation sites (N-methyl/N-ethyl adjacent to an activating group) is 1. The monoisotopic (exact) mass is 523 g/mol. The van der Waals surface area contributed by atoms with Gasteiger partial charge in [0.25, 0.3) is 5.91 Å². The van der Waals surface area contributed by atoms with E-state index in [1.807, 2.05) is 58.9 Å². The lowest BCUT2D eigenvalue weighted by atomic mass is 9.69. The van der Waals surface area contributed by atoms with Crippen molar-refractivity contribution in [3.63, 3.8) is 0 Å². The zero-order valence-electron chi connectivity index (χ0n) is 24.7. The van der Waals surface area contributed by atoms with Crippen molar-refractivity contribution in [2.75, 3.05) is 7.05 Å². The molecule has 0 aromatic heterocycles. The van der Waals surface area contributed by atoms with Crippen LogP contribution < -0.4 is 0 Å². The highest BCUT2D eigenvalue weighted by Crippen LogP contribution is 2.41. The molecule has 208 valence electrons. The largest absolute Gasteiger partial charge is 0.480 e. The molecule has 6 nitrogen and oxygen atoms in total. The summed E-state index contributed by atoms with van der Waals surface area (Å²) in [7, 11) is 1.50. The van der Waals surface area contributed by atoms with E-state index >= 15 is 0 Å². The van der Waals surface area contributed by atoms with Gasteiger partial charge in [0.1, 0.15) is 6.04 Å². The fraction of sp³-hybridized carbons (Fsp3) is 0.531. The topological polar surface area (TPSA) is 94.9 Å². The second-order valence-corrected chi connectivity index (χ2v) is 11.9. The van der Waals surface area contributed by atoms with Gasteiger partial charge in [-0.25, -0.2) is 4.79 Å². The summed E-state index contributed by atoms with van der Waals surface area (Å²) in [5, 5.41) is 20.2. The highest BCUT2D eigenvalue weighted by atomic mass is 16.4. The molecule has 2 unspecified atom stereocenters. The second-order valence-electron chi connectivity index (χ2n) is 11.9. The average molecular weight is 524 g/mol. The zero-order valence-corrected chi connectivity index (χ0v) is 24.7. The van der Waals surface area contributed by atoms with Crippen LogP contribution in [0.2, 0.25) is 0 Å². The summed E-state index contributed by atoms with van der Waals surface area (Å²) in [6, 6.07) is 10.8. The molecule has 2 aromatic rings. The van der Waals surface area contributed by atoms with E-state index in [0.717, 1.165) is 35.1 Å². The van der Waals surface area contributed by atoms with Crippen molar-refractivity contribution in [1.29, 1.82) is 0 Å². The van der Waals surface area contributed by atoms with Crippen LogP contribution in [0.25, 0.3) is 0 Å². The zero-order chi connectivity index (χ0) is 29.2. The molecule has 0 radical (unpaired) electrons. The van der Waals surface area contributed by atoms with Gasteiger partial charge in [-0.05, 0) is 74.3 Å². The third-order valence-corrected chi connectivity index (χ3v) is 8.68. The van der Waals surface area contributed by atoms with E-state index in [0.29, 0.717) is 11.1 Å². The van der Waals surface area contributed by atoms with Crippen molar-refractivity contribution in [1.82, 2.24) is 4.90 Å². The number of benzene rings is 2. The van der Waals surface area contributed by atoms with Crippen LogP contribution in [-0.2, 0) is 10.2 Å². The minimum absolute atomic E-state index is 0.0486. The summed E-state index contributed by atoms with van der Waals surface area (Å²) in [4.78, 5) is 38.8. The van der Waals surface area contributed by atoms with Crippen molar-refractivity contribution in [3.8, 4) is 0 Å². The standard InChI is InChI=1S/C32H45NO5/c1-11-32(12-2,24-14-16-26(21(4)18-24)28(35)33(10)22(5)29(36)37)23-13-15-25(20(3)17-23)27(34)19-31(9,38)30(6,7)8/h13-18,22,38H,11-12,19H2,1-10H3,(H,36,37). The Morgan fingerprint density at radius 1 is 0.868 bits per heavy atom. The molecule has 0 aliphatic carbocycles. The Morgan fingerprint density at radius 2 is 1.32 bits per heavy atom. The molecule has 0 saturated heterocycles. The minimum Gasteiger partial charge on any atom is -0.480 e. The molecule has 2 aromatic carbocycles. The van der Waals surface area contributed by atoms with E-state index in [2.05, 4.69) is 19.9 Å². The third kappa shape index (κ3) is 6.01. The van der Waals surface area contributed by atoms with Crippen molar-refractivity contribution in [2.45, 2.75) is 98.6 Å². The van der Waals surface area contributed by atoms with Gasteiger partial charge < -0.3 is 15.1 Å². The Labute approximate surface area is 228 Å². The van der Waals surface area contributed by atoms with E-state index in [-0.39, 0.29) is 23.5 Å². The lowest BCUT2D eigenvalue weighted by molar-refractivity contribution is -0.141. The Hall–Kier alpha value is -2.99.